The molecule has 4 heteroatoms. The van der Waals surface area contributed by atoms with E-state index in [2.05, 4.69) is 40.2 Å². The number of rotatable bonds is 0. The van der Waals surface area contributed by atoms with E-state index in [1.54, 1.807) is 7.05 Å². The topological polar surface area (TPSA) is 39.2 Å². The maximum Gasteiger partial charge on any atom is 0.132 e. The molecule has 21 heavy (non-hydrogen) atoms. The molecule has 4 nitrogen and oxygen atoms in total. The minimum absolute atomic E-state index is 0.133. The minimum Gasteiger partial charge on any atom is -0.633 e. The molecule has 0 amide bonds. The van der Waals surface area contributed by atoms with E-state index in [1.165, 1.54) is 16.7 Å². The Hall–Kier alpha value is -1.91. The number of benzene rings is 1. The molecule has 0 saturated carbocycles. The Labute approximate surface area is 124 Å². The quantitative estimate of drug-likeness (QED) is 0.550. The number of hydroxylamine groups is 3. The summed E-state index contributed by atoms with van der Waals surface area (Å²) in [5.41, 5.74) is 3.87. The second-order valence-corrected chi connectivity index (χ2v) is 6.27. The van der Waals surface area contributed by atoms with Crippen molar-refractivity contribution in [3.63, 3.8) is 0 Å². The lowest BCUT2D eigenvalue weighted by molar-refractivity contribution is -0.864. The van der Waals surface area contributed by atoms with Crippen LogP contribution in [-0.2, 0) is 6.42 Å². The van der Waals surface area contributed by atoms with E-state index in [0.717, 1.165) is 18.8 Å². The highest BCUT2D eigenvalue weighted by Gasteiger charge is 2.37. The summed E-state index contributed by atoms with van der Waals surface area (Å²) in [5.74, 6) is 1.05. The first-order valence-corrected chi connectivity index (χ1v) is 7.48. The minimum atomic E-state index is -0.169. The maximum absolute atomic E-state index is 12.5. The molecule has 2 unspecified atom stereocenters. The summed E-state index contributed by atoms with van der Waals surface area (Å²) in [7, 11) is 1.78. The molecule has 2 aliphatic heterocycles. The number of quaternary nitrogens is 1. The SMILES string of the molecule is C[N+]1([O-])CCN2c3ncccc3Cc3ccccc3C2C1. The molecule has 0 bridgehead atoms. The van der Waals surface area contributed by atoms with E-state index >= 15 is 0 Å². The van der Waals surface area contributed by atoms with Gasteiger partial charge in [-0.3, -0.25) is 0 Å². The lowest BCUT2D eigenvalue weighted by Gasteiger charge is -2.49. The third kappa shape index (κ3) is 2.11. The molecular weight excluding hydrogens is 262 g/mol. The molecule has 1 saturated heterocycles. The van der Waals surface area contributed by atoms with E-state index in [4.69, 9.17) is 0 Å². The van der Waals surface area contributed by atoms with Gasteiger partial charge < -0.3 is 14.8 Å². The number of hydrogen-bond acceptors (Lipinski definition) is 3. The number of hydrogen-bond donors (Lipinski definition) is 0. The lowest BCUT2D eigenvalue weighted by Crippen LogP contribution is -2.55. The van der Waals surface area contributed by atoms with Crippen LogP contribution in [0.4, 0.5) is 5.82 Å². The van der Waals surface area contributed by atoms with Crippen molar-refractivity contribution < 1.29 is 4.65 Å². The van der Waals surface area contributed by atoms with E-state index in [0.29, 0.717) is 13.1 Å². The zero-order valence-corrected chi connectivity index (χ0v) is 12.2. The van der Waals surface area contributed by atoms with Crippen molar-refractivity contribution in [3.8, 4) is 0 Å². The van der Waals surface area contributed by atoms with Gasteiger partial charge in [-0.25, -0.2) is 4.98 Å². The van der Waals surface area contributed by atoms with Crippen LogP contribution in [0.15, 0.2) is 42.6 Å². The lowest BCUT2D eigenvalue weighted by atomic mass is 9.96. The van der Waals surface area contributed by atoms with Crippen LogP contribution in [0.5, 0.6) is 0 Å². The summed E-state index contributed by atoms with van der Waals surface area (Å²) >= 11 is 0. The number of anilines is 1. The highest BCUT2D eigenvalue weighted by molar-refractivity contribution is 5.55. The smallest absolute Gasteiger partial charge is 0.132 e. The molecule has 0 radical (unpaired) electrons. The van der Waals surface area contributed by atoms with Crippen LogP contribution in [0.3, 0.4) is 0 Å². The molecule has 0 N–H and O–H groups in total. The molecule has 1 aromatic heterocycles. The number of likely N-dealkylation sites (N-methyl/N-ethyl adjacent to an activating group) is 1. The normalized spacial score (nSPS) is 27.3. The van der Waals surface area contributed by atoms with E-state index in [1.807, 2.05) is 12.3 Å². The fourth-order valence-electron chi connectivity index (χ4n) is 3.60. The van der Waals surface area contributed by atoms with Crippen LogP contribution < -0.4 is 4.90 Å². The molecule has 2 aliphatic rings. The first-order valence-electron chi connectivity index (χ1n) is 7.48. The predicted octanol–water partition coefficient (Wildman–Crippen LogP) is 2.49. The molecule has 0 spiro atoms. The molecule has 0 aliphatic carbocycles. The second kappa shape index (κ2) is 4.55. The van der Waals surface area contributed by atoms with Gasteiger partial charge in [0.25, 0.3) is 0 Å². The van der Waals surface area contributed by atoms with Gasteiger partial charge >= 0.3 is 0 Å². The third-order valence-corrected chi connectivity index (χ3v) is 4.68. The van der Waals surface area contributed by atoms with Gasteiger partial charge in [-0.1, -0.05) is 30.3 Å². The highest BCUT2D eigenvalue weighted by atomic mass is 16.5. The molecule has 2 aromatic rings. The van der Waals surface area contributed by atoms with Gasteiger partial charge in [0.1, 0.15) is 18.4 Å². The fraction of sp³-hybridized carbons (Fsp3) is 0.353. The van der Waals surface area contributed by atoms with Crippen molar-refractivity contribution in [2.45, 2.75) is 12.5 Å². The standard InChI is InChI=1S/C17H19N3O/c1-20(21)10-9-19-16(12-20)15-7-3-2-5-13(15)11-14-6-4-8-18-17(14)19/h2-8,16H,9-12H2,1H3. The van der Waals surface area contributed by atoms with Crippen LogP contribution >= 0.6 is 0 Å². The zero-order chi connectivity index (χ0) is 14.4. The average Bonchev–Trinajstić information content (AvgIpc) is 2.60. The Bertz CT molecular complexity index is 683. The first kappa shape index (κ1) is 12.8. The predicted molar refractivity (Wildman–Crippen MR) is 82.9 cm³/mol. The monoisotopic (exact) mass is 281 g/mol. The molecule has 4 rings (SSSR count). The summed E-state index contributed by atoms with van der Waals surface area (Å²) in [6.07, 6.45) is 2.75. The Kier molecular flexibility index (Phi) is 2.77. The van der Waals surface area contributed by atoms with Crippen molar-refractivity contribution in [1.82, 2.24) is 4.98 Å². The molecule has 2 atom stereocenters. The number of pyridine rings is 1. The number of fused-ring (bicyclic) bond motifs is 5. The Balaban J connectivity index is 1.90. The molecule has 108 valence electrons. The van der Waals surface area contributed by atoms with Crippen LogP contribution in [0.2, 0.25) is 0 Å². The van der Waals surface area contributed by atoms with Gasteiger partial charge in [-0.2, -0.15) is 0 Å². The van der Waals surface area contributed by atoms with Crippen LogP contribution in [0, 0.1) is 5.21 Å². The van der Waals surface area contributed by atoms with E-state index in [9.17, 15) is 5.21 Å². The maximum atomic E-state index is 12.5. The van der Waals surface area contributed by atoms with Crippen molar-refractivity contribution in [3.05, 3.63) is 64.5 Å². The summed E-state index contributed by atoms with van der Waals surface area (Å²) < 4.78 is -0.169. The number of piperazine rings is 1. The second-order valence-electron chi connectivity index (χ2n) is 6.27. The first-order chi connectivity index (χ1) is 10.1. The molecular formula is C17H19N3O. The van der Waals surface area contributed by atoms with Gasteiger partial charge in [0.05, 0.1) is 20.1 Å². The van der Waals surface area contributed by atoms with Gasteiger partial charge in [-0.15, -0.1) is 0 Å². The van der Waals surface area contributed by atoms with Crippen molar-refractivity contribution in [1.29, 1.82) is 0 Å². The van der Waals surface area contributed by atoms with E-state index < -0.39 is 0 Å². The van der Waals surface area contributed by atoms with Crippen molar-refractivity contribution in [2.75, 3.05) is 31.6 Å². The average molecular weight is 281 g/mol. The Morgan fingerprint density at radius 3 is 2.90 bits per heavy atom. The Morgan fingerprint density at radius 1 is 1.19 bits per heavy atom. The largest absolute Gasteiger partial charge is 0.633 e. The van der Waals surface area contributed by atoms with Gasteiger partial charge in [-0.05, 0) is 22.8 Å². The molecule has 3 heterocycles. The van der Waals surface area contributed by atoms with Gasteiger partial charge in [0.15, 0.2) is 0 Å². The van der Waals surface area contributed by atoms with Crippen molar-refractivity contribution >= 4 is 5.82 Å². The summed E-state index contributed by atoms with van der Waals surface area (Å²) in [5, 5.41) is 12.5. The summed E-state index contributed by atoms with van der Waals surface area (Å²) in [4.78, 5) is 6.94. The van der Waals surface area contributed by atoms with Gasteiger partial charge in [0, 0.05) is 12.6 Å². The third-order valence-electron chi connectivity index (χ3n) is 4.68. The van der Waals surface area contributed by atoms with Crippen LogP contribution in [0.25, 0.3) is 0 Å². The van der Waals surface area contributed by atoms with Crippen LogP contribution in [-0.4, -0.2) is 36.3 Å². The summed E-state index contributed by atoms with van der Waals surface area (Å²) in [6, 6.07) is 12.8. The number of aromatic nitrogens is 1. The molecule has 1 aromatic carbocycles. The molecule has 1 fully saturated rings. The Morgan fingerprint density at radius 2 is 2.00 bits per heavy atom. The summed E-state index contributed by atoms with van der Waals surface area (Å²) in [6.45, 7) is 1.98. The highest BCUT2D eigenvalue weighted by Crippen LogP contribution is 2.38. The van der Waals surface area contributed by atoms with Gasteiger partial charge in [0.2, 0.25) is 0 Å². The number of nitrogens with zero attached hydrogens (tertiary/aromatic N) is 3. The van der Waals surface area contributed by atoms with E-state index in [-0.39, 0.29) is 10.7 Å². The fourth-order valence-corrected chi connectivity index (χ4v) is 3.60. The van der Waals surface area contributed by atoms with Crippen LogP contribution in [0.1, 0.15) is 22.7 Å². The van der Waals surface area contributed by atoms with Crippen molar-refractivity contribution in [2.24, 2.45) is 0 Å². The zero-order valence-electron chi connectivity index (χ0n) is 12.2.